The Balaban J connectivity index is 2.57. The average molecular weight is 342 g/mol. The van der Waals surface area contributed by atoms with Gasteiger partial charge in [0.2, 0.25) is 11.8 Å². The van der Waals surface area contributed by atoms with E-state index in [0.29, 0.717) is 6.42 Å². The zero-order valence-corrected chi connectivity index (χ0v) is 15.0. The number of nitrogens with zero attached hydrogens (tertiary/aromatic N) is 1. The van der Waals surface area contributed by atoms with Crippen LogP contribution in [0.5, 0.6) is 0 Å². The van der Waals surface area contributed by atoms with Gasteiger partial charge in [-0.2, -0.15) is 0 Å². The molecule has 8 nitrogen and oxygen atoms in total. The smallest absolute Gasteiger partial charge is 0.326 e. The number of fused-ring (bicyclic) bond motifs is 1. The van der Waals surface area contributed by atoms with Gasteiger partial charge >= 0.3 is 5.97 Å². The molecule has 0 aromatic carbocycles. The Bertz CT molecular complexity index is 533. The van der Waals surface area contributed by atoms with E-state index in [4.69, 9.17) is 14.2 Å². The van der Waals surface area contributed by atoms with Crippen LogP contribution in [0.3, 0.4) is 0 Å². The second kappa shape index (κ2) is 6.78. The fraction of sp³-hybridized carbons (Fsp3) is 0.812. The second-order valence-electron chi connectivity index (χ2n) is 6.81. The Hall–Kier alpha value is -1.51. The minimum absolute atomic E-state index is 0.105. The van der Waals surface area contributed by atoms with Crippen LogP contribution in [-0.4, -0.2) is 68.9 Å². The van der Waals surface area contributed by atoms with Crippen molar-refractivity contribution in [1.29, 1.82) is 0 Å². The molecule has 2 heterocycles. The summed E-state index contributed by atoms with van der Waals surface area (Å²) in [6.45, 7) is 3.90. The van der Waals surface area contributed by atoms with E-state index in [9.17, 15) is 14.4 Å². The van der Waals surface area contributed by atoms with Gasteiger partial charge in [-0.05, 0) is 12.3 Å². The third-order valence-corrected chi connectivity index (χ3v) is 4.95. The highest BCUT2D eigenvalue weighted by Gasteiger charge is 2.69. The summed E-state index contributed by atoms with van der Waals surface area (Å²) in [5.41, 5.74) is -1.27. The van der Waals surface area contributed by atoms with Gasteiger partial charge in [-0.3, -0.25) is 24.6 Å². The van der Waals surface area contributed by atoms with Crippen LogP contribution in [0.15, 0.2) is 0 Å². The number of imide groups is 1. The van der Waals surface area contributed by atoms with Gasteiger partial charge in [0.05, 0.1) is 25.0 Å². The first-order chi connectivity index (χ1) is 11.2. The van der Waals surface area contributed by atoms with E-state index in [1.807, 2.05) is 13.8 Å². The number of rotatable bonds is 6. The Labute approximate surface area is 141 Å². The van der Waals surface area contributed by atoms with E-state index in [1.54, 1.807) is 0 Å². The molecule has 2 saturated heterocycles. The van der Waals surface area contributed by atoms with Gasteiger partial charge in [0.15, 0.2) is 6.29 Å². The summed E-state index contributed by atoms with van der Waals surface area (Å²) in [7, 11) is 5.63. The van der Waals surface area contributed by atoms with Crippen molar-refractivity contribution in [1.82, 2.24) is 10.2 Å². The van der Waals surface area contributed by atoms with E-state index in [1.165, 1.54) is 28.4 Å². The molecule has 1 N–H and O–H groups in total. The lowest BCUT2D eigenvalue weighted by atomic mass is 9.75. The molecule has 0 aromatic heterocycles. The number of nitrogens with one attached hydrogen (secondary N) is 1. The minimum atomic E-state index is -1.27. The number of carbonyl (C=O) groups excluding carboxylic acids is 3. The number of carbonyl (C=O) groups is 3. The number of ether oxygens (including phenoxy) is 3. The number of likely N-dealkylation sites (tertiary alicyclic amines) is 1. The molecule has 0 spiro atoms. The van der Waals surface area contributed by atoms with Gasteiger partial charge in [0.25, 0.3) is 0 Å². The fourth-order valence-electron chi connectivity index (χ4n) is 4.10. The maximum Gasteiger partial charge on any atom is 0.326 e. The molecule has 136 valence electrons. The number of hydrogen-bond acceptors (Lipinski definition) is 7. The van der Waals surface area contributed by atoms with Crippen molar-refractivity contribution in [3.05, 3.63) is 0 Å². The molecule has 24 heavy (non-hydrogen) atoms. The average Bonchev–Trinajstić information content (AvgIpc) is 2.98. The van der Waals surface area contributed by atoms with Crippen LogP contribution in [0.4, 0.5) is 0 Å². The first kappa shape index (κ1) is 18.8. The van der Waals surface area contributed by atoms with Crippen LogP contribution in [0.1, 0.15) is 20.3 Å². The molecule has 0 aromatic rings. The summed E-state index contributed by atoms with van der Waals surface area (Å²) >= 11 is 0. The Morgan fingerprint density at radius 3 is 2.25 bits per heavy atom. The molecule has 4 atom stereocenters. The standard InChI is InChI=1S/C16H26N2O6/c1-8(2)7-16(15(21)24-6)10-9(12(19)18(3)13(10)20)11(17-16)14(22-4)23-5/h8-11,14,17H,7H2,1-6H3/t9-,10-,11+,16-/m1/s1. The van der Waals surface area contributed by atoms with Gasteiger partial charge in [0, 0.05) is 21.3 Å². The van der Waals surface area contributed by atoms with Crippen LogP contribution in [0.25, 0.3) is 0 Å². The highest BCUT2D eigenvalue weighted by Crippen LogP contribution is 2.46. The summed E-state index contributed by atoms with van der Waals surface area (Å²) in [6.07, 6.45) is -0.399. The maximum atomic E-state index is 12.7. The molecule has 0 radical (unpaired) electrons. The predicted octanol–water partition coefficient (Wildman–Crippen LogP) is -0.234. The number of hydrogen-bond donors (Lipinski definition) is 1. The molecule has 0 saturated carbocycles. The predicted molar refractivity (Wildman–Crippen MR) is 83.7 cm³/mol. The topological polar surface area (TPSA) is 94.2 Å². The van der Waals surface area contributed by atoms with Gasteiger partial charge in [-0.25, -0.2) is 0 Å². The zero-order valence-electron chi connectivity index (χ0n) is 15.0. The lowest BCUT2D eigenvalue weighted by molar-refractivity contribution is -0.157. The Morgan fingerprint density at radius 1 is 1.21 bits per heavy atom. The fourth-order valence-corrected chi connectivity index (χ4v) is 4.10. The monoisotopic (exact) mass is 342 g/mol. The van der Waals surface area contributed by atoms with Gasteiger partial charge in [-0.15, -0.1) is 0 Å². The highest BCUT2D eigenvalue weighted by molar-refractivity contribution is 6.09. The summed E-state index contributed by atoms with van der Waals surface area (Å²) in [5.74, 6) is -2.72. The lowest BCUT2D eigenvalue weighted by Gasteiger charge is -2.34. The SMILES string of the molecule is COC(=O)[C@]1(CC(C)C)N[C@H](C(OC)OC)[C@@H]2C(=O)N(C)C(=O)[C@@H]21. The molecule has 0 aliphatic carbocycles. The summed E-state index contributed by atoms with van der Waals surface area (Å²) in [6, 6.07) is -0.621. The van der Waals surface area contributed by atoms with Crippen molar-refractivity contribution in [3.8, 4) is 0 Å². The molecule has 0 bridgehead atoms. The van der Waals surface area contributed by atoms with Gasteiger partial charge in [-0.1, -0.05) is 13.8 Å². The van der Waals surface area contributed by atoms with E-state index >= 15 is 0 Å². The van der Waals surface area contributed by atoms with E-state index in [-0.39, 0.29) is 17.7 Å². The summed E-state index contributed by atoms with van der Waals surface area (Å²) in [4.78, 5) is 39.1. The quantitative estimate of drug-likeness (QED) is 0.405. The van der Waals surface area contributed by atoms with Crippen molar-refractivity contribution >= 4 is 17.8 Å². The summed E-state index contributed by atoms with van der Waals surface area (Å²) < 4.78 is 15.6. The van der Waals surface area contributed by atoms with Crippen LogP contribution >= 0.6 is 0 Å². The van der Waals surface area contributed by atoms with Crippen molar-refractivity contribution < 1.29 is 28.6 Å². The molecular weight excluding hydrogens is 316 g/mol. The van der Waals surface area contributed by atoms with E-state index < -0.39 is 35.7 Å². The first-order valence-corrected chi connectivity index (χ1v) is 7.98. The molecule has 0 unspecified atom stereocenters. The number of methoxy groups -OCH3 is 3. The highest BCUT2D eigenvalue weighted by atomic mass is 16.7. The number of esters is 1. The summed E-state index contributed by atoms with van der Waals surface area (Å²) in [5, 5.41) is 3.18. The molecule has 2 amide bonds. The zero-order chi connectivity index (χ0) is 18.2. The van der Waals surface area contributed by atoms with E-state index in [0.717, 1.165) is 4.90 Å². The van der Waals surface area contributed by atoms with Gasteiger partial charge in [0.1, 0.15) is 5.54 Å². The lowest BCUT2D eigenvalue weighted by Crippen LogP contribution is -2.59. The van der Waals surface area contributed by atoms with Crippen molar-refractivity contribution in [2.45, 2.75) is 38.1 Å². The van der Waals surface area contributed by atoms with E-state index in [2.05, 4.69) is 5.32 Å². The largest absolute Gasteiger partial charge is 0.468 e. The normalized spacial score (nSPS) is 32.8. The molecule has 2 aliphatic heterocycles. The van der Waals surface area contributed by atoms with Crippen molar-refractivity contribution in [2.24, 2.45) is 17.8 Å². The maximum absolute atomic E-state index is 12.7. The minimum Gasteiger partial charge on any atom is -0.468 e. The Kier molecular flexibility index (Phi) is 5.31. The van der Waals surface area contributed by atoms with Crippen molar-refractivity contribution in [3.63, 3.8) is 0 Å². The number of amides is 2. The molecule has 8 heteroatoms. The van der Waals surface area contributed by atoms with Crippen molar-refractivity contribution in [2.75, 3.05) is 28.4 Å². The molecular formula is C16H26N2O6. The molecule has 2 fully saturated rings. The third-order valence-electron chi connectivity index (χ3n) is 4.95. The molecule has 2 rings (SSSR count). The molecule has 2 aliphatic rings. The third kappa shape index (κ3) is 2.62. The first-order valence-electron chi connectivity index (χ1n) is 7.98. The van der Waals surface area contributed by atoms with Crippen LogP contribution in [0.2, 0.25) is 0 Å². The van der Waals surface area contributed by atoms with Gasteiger partial charge < -0.3 is 14.2 Å². The van der Waals surface area contributed by atoms with Crippen LogP contribution < -0.4 is 5.32 Å². The van der Waals surface area contributed by atoms with Crippen LogP contribution in [0, 0.1) is 17.8 Å². The second-order valence-corrected chi connectivity index (χ2v) is 6.81. The Morgan fingerprint density at radius 2 is 1.79 bits per heavy atom. The van der Waals surface area contributed by atoms with Crippen LogP contribution in [-0.2, 0) is 28.6 Å².